The molecular formula is C52H65N3O24. The predicted octanol–water partition coefficient (Wildman–Crippen LogP) is 3.33. The summed E-state index contributed by atoms with van der Waals surface area (Å²) < 4.78 is 95.0. The highest BCUT2D eigenvalue weighted by Gasteiger charge is 2.64. The van der Waals surface area contributed by atoms with E-state index >= 15 is 0 Å². The van der Waals surface area contributed by atoms with Gasteiger partial charge in [0.1, 0.15) is 37.1 Å². The minimum Gasteiger partial charge on any atom is -0.465 e. The van der Waals surface area contributed by atoms with Crippen LogP contribution in [0, 0.1) is 0 Å². The molecule has 3 aliphatic rings. The fraction of sp³-hybridized carbons (Fsp3) is 0.577. The molecule has 3 heterocycles. The molecule has 432 valence electrons. The van der Waals surface area contributed by atoms with Crippen LogP contribution in [0.25, 0.3) is 10.4 Å². The molecule has 0 unspecified atom stereocenters. The maximum atomic E-state index is 14.5. The summed E-state index contributed by atoms with van der Waals surface area (Å²) in [5.74, 6) is -14.0. The van der Waals surface area contributed by atoms with Crippen molar-refractivity contribution in [2.75, 3.05) is 40.6 Å². The number of carbonyl (C=O) groups is 8. The number of esters is 8. The lowest BCUT2D eigenvalue weighted by atomic mass is 9.89. The molecule has 5 rings (SSSR count). The molecule has 0 radical (unpaired) electrons. The van der Waals surface area contributed by atoms with E-state index in [1.165, 1.54) is 6.08 Å². The van der Waals surface area contributed by atoms with Gasteiger partial charge in [-0.05, 0) is 16.7 Å². The van der Waals surface area contributed by atoms with E-state index in [1.807, 2.05) is 36.4 Å². The fourth-order valence-electron chi connectivity index (χ4n) is 9.00. The Hall–Kier alpha value is -7.07. The van der Waals surface area contributed by atoms with Crippen LogP contribution in [-0.4, -0.2) is 173 Å². The molecule has 3 aliphatic heterocycles. The first-order valence-electron chi connectivity index (χ1n) is 24.7. The minimum atomic E-state index is -2.93. The number of methoxy groups -OCH3 is 2. The highest BCUT2D eigenvalue weighted by atomic mass is 16.8. The van der Waals surface area contributed by atoms with Gasteiger partial charge in [-0.15, -0.1) is 6.58 Å². The number of rotatable bonds is 26. The summed E-state index contributed by atoms with van der Waals surface area (Å²) in [6.07, 6.45) is -18.9. The van der Waals surface area contributed by atoms with Gasteiger partial charge < -0.3 is 75.8 Å². The molecule has 0 saturated carbocycles. The highest BCUT2D eigenvalue weighted by Crippen LogP contribution is 2.44. The SMILES string of the molecule is C=CCO[C@]1(C(=O)OC)C[C@@H](O[C@]2(C(=O)OC)C[C@@H](OC(C)=O)[C@@H](OC(C)=O)[C@@H]([C@@H](COC(C)=O)OC(C)=O)O2)[C@@H](OC(C)=O)[C@@H]([C@@H](CO[C@H]2OC[C@H](N=[N+]=[N-])[C@H](OCc3ccccc3)[C@H]2OCc2ccccc2)OC(C)=O)O1. The molecule has 3 saturated heterocycles. The van der Waals surface area contributed by atoms with Gasteiger partial charge in [-0.1, -0.05) is 71.9 Å². The van der Waals surface area contributed by atoms with Crippen LogP contribution >= 0.6 is 0 Å². The average molecular weight is 1120 g/mol. The number of nitrogens with zero attached hydrogens (tertiary/aromatic N) is 3. The van der Waals surface area contributed by atoms with Crippen molar-refractivity contribution in [2.45, 2.75) is 153 Å². The first kappa shape index (κ1) is 62.8. The van der Waals surface area contributed by atoms with Gasteiger partial charge in [0.15, 0.2) is 30.7 Å². The van der Waals surface area contributed by atoms with Crippen LogP contribution in [0.4, 0.5) is 0 Å². The summed E-state index contributed by atoms with van der Waals surface area (Å²) in [5, 5.41) is 3.93. The van der Waals surface area contributed by atoms with Crippen molar-refractivity contribution >= 4 is 47.8 Å². The van der Waals surface area contributed by atoms with E-state index in [0.29, 0.717) is 0 Å². The molecule has 0 N–H and O–H groups in total. The van der Waals surface area contributed by atoms with Gasteiger partial charge in [-0.25, -0.2) is 9.59 Å². The molecule has 3 fully saturated rings. The standard InChI is InChI=1S/C52H65N3O24/c1-10-21-71-51(49(62)64-8)23-39(77-52(50(63)65-9)22-38(72-30(3)57)43(75-33(6)60)45(79-52)40(73-31(4)58)27-66-29(2)56)44(76-34(7)61)46(78-51)41(74-32(5)59)28-70-48-47(68-25-36-19-15-12-16-20-36)42(37(26-69-48)54-55-53)67-24-35-17-13-11-14-18-35/h10-20,37-48H,1,21-28H2,2-9H3/t37-,38+,39+,40+,41+,42-,43+,44+,45+,46+,47+,48+,51+,52+/m0/s1. The largest absolute Gasteiger partial charge is 0.465 e. The van der Waals surface area contributed by atoms with Crippen molar-refractivity contribution in [1.29, 1.82) is 0 Å². The van der Waals surface area contributed by atoms with Gasteiger partial charge in [0.05, 0.1) is 65.8 Å². The van der Waals surface area contributed by atoms with Gasteiger partial charge in [-0.2, -0.15) is 0 Å². The zero-order valence-corrected chi connectivity index (χ0v) is 44.8. The molecule has 27 heteroatoms. The number of ether oxygens (including phenoxy) is 16. The molecule has 79 heavy (non-hydrogen) atoms. The molecule has 0 bridgehead atoms. The molecular weight excluding hydrogens is 1050 g/mol. The molecule has 0 spiro atoms. The lowest BCUT2D eigenvalue weighted by molar-refractivity contribution is -0.375. The summed E-state index contributed by atoms with van der Waals surface area (Å²) in [4.78, 5) is 109. The maximum absolute atomic E-state index is 14.5. The Kier molecular flexibility index (Phi) is 23.7. The van der Waals surface area contributed by atoms with Crippen molar-refractivity contribution in [3.63, 3.8) is 0 Å². The summed E-state index contributed by atoms with van der Waals surface area (Å²) in [7, 11) is 1.90. The van der Waals surface area contributed by atoms with Crippen molar-refractivity contribution in [3.05, 3.63) is 94.9 Å². The van der Waals surface area contributed by atoms with Crippen LogP contribution in [0.15, 0.2) is 78.4 Å². The zero-order chi connectivity index (χ0) is 57.9. The summed E-state index contributed by atoms with van der Waals surface area (Å²) in [5.41, 5.74) is 11.1. The second kappa shape index (κ2) is 29.8. The van der Waals surface area contributed by atoms with Crippen molar-refractivity contribution in [2.24, 2.45) is 5.11 Å². The third-order valence-corrected chi connectivity index (χ3v) is 12.1. The Bertz CT molecular complexity index is 2480. The number of benzene rings is 2. The van der Waals surface area contributed by atoms with Gasteiger partial charge in [0.25, 0.3) is 11.6 Å². The zero-order valence-electron chi connectivity index (χ0n) is 44.8. The number of hydrogen-bond donors (Lipinski definition) is 0. The van der Waals surface area contributed by atoms with Crippen LogP contribution in [0.5, 0.6) is 0 Å². The van der Waals surface area contributed by atoms with Crippen LogP contribution in [0.2, 0.25) is 0 Å². The quantitative estimate of drug-likeness (QED) is 0.0325. The van der Waals surface area contributed by atoms with E-state index in [9.17, 15) is 43.9 Å². The van der Waals surface area contributed by atoms with Crippen LogP contribution in [0.1, 0.15) is 65.5 Å². The average Bonchev–Trinajstić information content (AvgIpc) is 3.57. The van der Waals surface area contributed by atoms with E-state index in [2.05, 4.69) is 16.6 Å². The summed E-state index contributed by atoms with van der Waals surface area (Å²) >= 11 is 0. The first-order chi connectivity index (χ1) is 37.7. The molecule has 2 aromatic rings. The van der Waals surface area contributed by atoms with Crippen LogP contribution in [-0.2, 0) is 127 Å². The van der Waals surface area contributed by atoms with E-state index in [0.717, 1.165) is 66.9 Å². The lowest BCUT2D eigenvalue weighted by Crippen LogP contribution is -2.69. The Labute approximate surface area is 454 Å². The van der Waals surface area contributed by atoms with Gasteiger partial charge in [0, 0.05) is 52.9 Å². The molecule has 0 aliphatic carbocycles. The van der Waals surface area contributed by atoms with Gasteiger partial charge in [-0.3, -0.25) is 28.8 Å². The molecule has 2 aromatic carbocycles. The number of azide groups is 1. The van der Waals surface area contributed by atoms with E-state index in [-0.39, 0.29) is 19.8 Å². The van der Waals surface area contributed by atoms with E-state index < -0.39 is 165 Å². The predicted molar refractivity (Wildman–Crippen MR) is 263 cm³/mol. The summed E-state index contributed by atoms with van der Waals surface area (Å²) in [6, 6.07) is 17.1. The maximum Gasteiger partial charge on any atom is 0.366 e. The Balaban J connectivity index is 1.67. The highest BCUT2D eigenvalue weighted by molar-refractivity contribution is 5.79. The second-order valence-electron chi connectivity index (χ2n) is 18.0. The van der Waals surface area contributed by atoms with E-state index in [1.54, 1.807) is 24.3 Å². The van der Waals surface area contributed by atoms with E-state index in [4.69, 9.17) is 75.8 Å². The molecule has 0 amide bonds. The Morgan fingerprint density at radius 2 is 1.14 bits per heavy atom. The number of carbonyl (C=O) groups excluding carboxylic acids is 8. The summed E-state index contributed by atoms with van der Waals surface area (Å²) in [6.45, 7) is 7.41. The van der Waals surface area contributed by atoms with Crippen LogP contribution in [0.3, 0.4) is 0 Å². The molecule has 14 atom stereocenters. The minimum absolute atomic E-state index is 0.0266. The first-order valence-corrected chi connectivity index (χ1v) is 24.7. The Morgan fingerprint density at radius 3 is 1.63 bits per heavy atom. The monoisotopic (exact) mass is 1120 g/mol. The topological polar surface area (TPSA) is 333 Å². The van der Waals surface area contributed by atoms with Crippen LogP contribution < -0.4 is 0 Å². The third kappa shape index (κ3) is 17.5. The lowest BCUT2D eigenvalue weighted by Gasteiger charge is -2.51. The Morgan fingerprint density at radius 1 is 0.646 bits per heavy atom. The number of hydrogen-bond acceptors (Lipinski definition) is 25. The molecule has 27 nitrogen and oxygen atoms in total. The smallest absolute Gasteiger partial charge is 0.366 e. The van der Waals surface area contributed by atoms with Gasteiger partial charge >= 0.3 is 47.8 Å². The normalized spacial score (nSPS) is 28.2. The second-order valence-corrected chi connectivity index (χ2v) is 18.0. The van der Waals surface area contributed by atoms with Gasteiger partial charge in [0.2, 0.25) is 0 Å². The molecule has 0 aromatic heterocycles. The van der Waals surface area contributed by atoms with Crippen molar-refractivity contribution in [3.8, 4) is 0 Å². The van der Waals surface area contributed by atoms with Crippen molar-refractivity contribution in [1.82, 2.24) is 0 Å². The third-order valence-electron chi connectivity index (χ3n) is 12.1. The van der Waals surface area contributed by atoms with Crippen molar-refractivity contribution < 1.29 is 114 Å². The fourth-order valence-corrected chi connectivity index (χ4v) is 9.00.